The molecule has 0 bridgehead atoms. The number of nitrogens with zero attached hydrogens (tertiary/aromatic N) is 1. The van der Waals surface area contributed by atoms with Gasteiger partial charge in [-0.3, -0.25) is 4.79 Å². The van der Waals surface area contributed by atoms with Gasteiger partial charge in [0.15, 0.2) is 11.9 Å². The van der Waals surface area contributed by atoms with Crippen molar-refractivity contribution in [2.45, 2.75) is 70.3 Å². The molecule has 1 aliphatic carbocycles. The van der Waals surface area contributed by atoms with Crippen molar-refractivity contribution in [3.63, 3.8) is 0 Å². The molecular formula is C12H21NO4. The number of hydrogen-bond donors (Lipinski definition) is 0. The predicted octanol–water partition coefficient (Wildman–Crippen LogP) is 3.05. The Bertz CT molecular complexity index is 255. The number of hydrogen-bond acceptors (Lipinski definition) is 4. The fourth-order valence-electron chi connectivity index (χ4n) is 2.23. The van der Waals surface area contributed by atoms with E-state index in [1.807, 2.05) is 0 Å². The predicted molar refractivity (Wildman–Crippen MR) is 63.0 cm³/mol. The zero-order valence-electron chi connectivity index (χ0n) is 10.2. The number of carbonyl (C=O) groups is 1. The minimum absolute atomic E-state index is 0.109. The quantitative estimate of drug-likeness (QED) is 0.552. The zero-order chi connectivity index (χ0) is 12.5. The Kier molecular flexibility index (Phi) is 6.58. The maximum Gasteiger partial charge on any atom is 0.295 e. The summed E-state index contributed by atoms with van der Waals surface area (Å²) in [5.41, 5.74) is 0. The van der Waals surface area contributed by atoms with Crippen LogP contribution in [0, 0.1) is 10.1 Å². The van der Waals surface area contributed by atoms with Crippen LogP contribution in [0.2, 0.25) is 0 Å². The van der Waals surface area contributed by atoms with Crippen LogP contribution in [0.25, 0.3) is 0 Å². The van der Waals surface area contributed by atoms with Crippen molar-refractivity contribution in [2.75, 3.05) is 0 Å². The first-order valence-corrected chi connectivity index (χ1v) is 6.54. The summed E-state index contributed by atoms with van der Waals surface area (Å²) in [6.07, 6.45) is 8.59. The van der Waals surface area contributed by atoms with Crippen LogP contribution < -0.4 is 0 Å². The highest BCUT2D eigenvalue weighted by Gasteiger charge is 2.21. The lowest BCUT2D eigenvalue weighted by atomic mass is 9.99. The van der Waals surface area contributed by atoms with Crippen LogP contribution in [0.4, 0.5) is 0 Å². The molecule has 98 valence electrons. The molecule has 1 fully saturated rings. The molecule has 0 saturated heterocycles. The Balaban J connectivity index is 2.45. The van der Waals surface area contributed by atoms with Gasteiger partial charge in [-0.05, 0) is 12.8 Å². The second kappa shape index (κ2) is 8.03. The van der Waals surface area contributed by atoms with Crippen molar-refractivity contribution in [3.8, 4) is 0 Å². The molecule has 0 amide bonds. The third-order valence-electron chi connectivity index (χ3n) is 3.21. The SMILES string of the molecule is O=C1CCCCCCCCCCC1O[N+](=O)[O-]. The lowest BCUT2D eigenvalue weighted by molar-refractivity contribution is -0.764. The molecule has 17 heavy (non-hydrogen) atoms. The van der Waals surface area contributed by atoms with Crippen molar-refractivity contribution < 1.29 is 14.7 Å². The van der Waals surface area contributed by atoms with E-state index in [-0.39, 0.29) is 5.78 Å². The minimum atomic E-state index is -0.839. The first kappa shape index (κ1) is 13.9. The molecule has 0 aromatic rings. The molecule has 0 N–H and O–H groups in total. The molecule has 0 aromatic carbocycles. The molecule has 0 aliphatic heterocycles. The average molecular weight is 243 g/mol. The Morgan fingerprint density at radius 2 is 1.53 bits per heavy atom. The Labute approximate surface area is 102 Å². The molecule has 1 aliphatic rings. The molecule has 1 atom stereocenters. The lowest BCUT2D eigenvalue weighted by Crippen LogP contribution is -2.27. The van der Waals surface area contributed by atoms with E-state index in [4.69, 9.17) is 0 Å². The van der Waals surface area contributed by atoms with Crippen LogP contribution in [0.3, 0.4) is 0 Å². The molecule has 1 saturated carbocycles. The van der Waals surface area contributed by atoms with E-state index in [1.54, 1.807) is 0 Å². The summed E-state index contributed by atoms with van der Waals surface area (Å²) < 4.78 is 0. The molecule has 0 heterocycles. The monoisotopic (exact) mass is 243 g/mol. The minimum Gasteiger partial charge on any atom is -0.303 e. The van der Waals surface area contributed by atoms with E-state index in [9.17, 15) is 14.9 Å². The van der Waals surface area contributed by atoms with Crippen molar-refractivity contribution in [1.29, 1.82) is 0 Å². The molecule has 0 spiro atoms. The van der Waals surface area contributed by atoms with Gasteiger partial charge in [-0.2, -0.15) is 0 Å². The number of carbonyl (C=O) groups excluding carboxylic acids is 1. The third kappa shape index (κ3) is 6.24. The van der Waals surface area contributed by atoms with Gasteiger partial charge >= 0.3 is 0 Å². The Hall–Kier alpha value is -1.13. The van der Waals surface area contributed by atoms with Gasteiger partial charge in [0.05, 0.1) is 0 Å². The second-order valence-electron chi connectivity index (χ2n) is 4.65. The zero-order valence-corrected chi connectivity index (χ0v) is 10.2. The van der Waals surface area contributed by atoms with Crippen molar-refractivity contribution >= 4 is 5.78 Å². The van der Waals surface area contributed by atoms with Gasteiger partial charge in [0.1, 0.15) is 0 Å². The topological polar surface area (TPSA) is 69.4 Å². The highest BCUT2D eigenvalue weighted by atomic mass is 17.0. The van der Waals surface area contributed by atoms with E-state index in [1.165, 1.54) is 12.8 Å². The summed E-state index contributed by atoms with van der Waals surface area (Å²) in [7, 11) is 0. The molecule has 0 aromatic heterocycles. The fourth-order valence-corrected chi connectivity index (χ4v) is 2.23. The van der Waals surface area contributed by atoms with Crippen LogP contribution in [-0.2, 0) is 9.63 Å². The fraction of sp³-hybridized carbons (Fsp3) is 0.917. The first-order chi connectivity index (χ1) is 8.20. The smallest absolute Gasteiger partial charge is 0.295 e. The summed E-state index contributed by atoms with van der Waals surface area (Å²) >= 11 is 0. The Morgan fingerprint density at radius 1 is 1.00 bits per heavy atom. The summed E-state index contributed by atoms with van der Waals surface area (Å²) in [6.45, 7) is 0. The highest BCUT2D eigenvalue weighted by Crippen LogP contribution is 2.16. The van der Waals surface area contributed by atoms with Gasteiger partial charge in [-0.15, -0.1) is 10.1 Å². The average Bonchev–Trinajstić information content (AvgIpc) is 2.27. The summed E-state index contributed by atoms with van der Waals surface area (Å²) in [5.74, 6) is -0.109. The highest BCUT2D eigenvalue weighted by molar-refractivity contribution is 5.82. The van der Waals surface area contributed by atoms with Gasteiger partial charge in [-0.1, -0.05) is 44.9 Å². The van der Waals surface area contributed by atoms with Crippen molar-refractivity contribution in [2.24, 2.45) is 0 Å². The van der Waals surface area contributed by atoms with Gasteiger partial charge in [0.2, 0.25) is 0 Å². The van der Waals surface area contributed by atoms with Gasteiger partial charge in [0, 0.05) is 6.42 Å². The van der Waals surface area contributed by atoms with Gasteiger partial charge in [-0.25, -0.2) is 0 Å². The molecule has 5 nitrogen and oxygen atoms in total. The summed E-state index contributed by atoms with van der Waals surface area (Å²) in [5, 5.41) is 9.48. The van der Waals surface area contributed by atoms with E-state index in [0.29, 0.717) is 12.8 Å². The largest absolute Gasteiger partial charge is 0.303 e. The summed E-state index contributed by atoms with van der Waals surface area (Å²) in [4.78, 5) is 26.5. The van der Waals surface area contributed by atoms with Gasteiger partial charge in [0.25, 0.3) is 5.09 Å². The van der Waals surface area contributed by atoms with Crippen LogP contribution in [0.1, 0.15) is 64.2 Å². The number of ketones is 1. The molecule has 5 heteroatoms. The molecular weight excluding hydrogens is 222 g/mol. The van der Waals surface area contributed by atoms with Crippen molar-refractivity contribution in [1.82, 2.24) is 0 Å². The van der Waals surface area contributed by atoms with E-state index < -0.39 is 11.2 Å². The van der Waals surface area contributed by atoms with Crippen LogP contribution in [0.5, 0.6) is 0 Å². The third-order valence-corrected chi connectivity index (χ3v) is 3.21. The van der Waals surface area contributed by atoms with Crippen LogP contribution in [-0.4, -0.2) is 17.0 Å². The maximum absolute atomic E-state index is 11.7. The molecule has 1 unspecified atom stereocenters. The lowest BCUT2D eigenvalue weighted by Gasteiger charge is -2.14. The first-order valence-electron chi connectivity index (χ1n) is 6.54. The second-order valence-corrected chi connectivity index (χ2v) is 4.65. The van der Waals surface area contributed by atoms with E-state index >= 15 is 0 Å². The number of Topliss-reactive ketones (excluding diaryl/α,β-unsaturated/α-hetero) is 1. The van der Waals surface area contributed by atoms with Gasteiger partial charge < -0.3 is 4.84 Å². The van der Waals surface area contributed by atoms with E-state index in [0.717, 1.165) is 38.5 Å². The molecule has 1 rings (SSSR count). The normalized spacial score (nSPS) is 24.5. The maximum atomic E-state index is 11.7. The molecule has 0 radical (unpaired) electrons. The number of rotatable bonds is 2. The van der Waals surface area contributed by atoms with Crippen LogP contribution in [0.15, 0.2) is 0 Å². The van der Waals surface area contributed by atoms with Crippen LogP contribution >= 0.6 is 0 Å². The van der Waals surface area contributed by atoms with Crippen molar-refractivity contribution in [3.05, 3.63) is 10.1 Å². The van der Waals surface area contributed by atoms with E-state index in [2.05, 4.69) is 4.84 Å². The summed E-state index contributed by atoms with van der Waals surface area (Å²) in [6, 6.07) is 0. The standard InChI is InChI=1S/C12H21NO4/c14-11-9-7-5-3-1-2-4-6-8-10-12(11)17-13(15)16/h12H,1-10H2. The Morgan fingerprint density at radius 3 is 2.12 bits per heavy atom.